The number of nitrogens with zero attached hydrogens (tertiary/aromatic N) is 2. The molecule has 0 aliphatic carbocycles. The first kappa shape index (κ1) is 26.9. The summed E-state index contributed by atoms with van der Waals surface area (Å²) >= 11 is 0. The van der Waals surface area contributed by atoms with E-state index in [0.717, 1.165) is 37.8 Å². The molecule has 0 bridgehead atoms. The Labute approximate surface area is 174 Å². The van der Waals surface area contributed by atoms with Gasteiger partial charge in [-0.15, -0.1) is 13.2 Å². The summed E-state index contributed by atoms with van der Waals surface area (Å²) in [5.74, 6) is 1.93. The Bertz CT molecular complexity index is 744. The van der Waals surface area contributed by atoms with E-state index in [1.54, 1.807) is 0 Å². The summed E-state index contributed by atoms with van der Waals surface area (Å²) in [6.07, 6.45) is 19.8. The lowest BCUT2D eigenvalue weighted by atomic mass is 9.93. The molecule has 0 aromatic rings. The number of hydrogen-bond donors (Lipinski definition) is 0. The quantitative estimate of drug-likeness (QED) is 0.322. The highest BCUT2D eigenvalue weighted by molar-refractivity contribution is 7.86. The van der Waals surface area contributed by atoms with Crippen LogP contribution in [0.25, 0.3) is 0 Å². The zero-order valence-corrected chi connectivity index (χ0v) is 17.8. The lowest BCUT2D eigenvalue weighted by Crippen LogP contribution is -2.04. The van der Waals surface area contributed by atoms with Crippen molar-refractivity contribution in [2.45, 2.75) is 32.1 Å². The number of allylic oxidation sites excluding steroid dienone is 2. The molecule has 2 aliphatic heterocycles. The number of hydrogen-bond acceptors (Lipinski definition) is 8. The summed E-state index contributed by atoms with van der Waals surface area (Å²) in [4.78, 5) is 8.27. The number of aliphatic imine (C=N–C) groups is 2. The van der Waals surface area contributed by atoms with Gasteiger partial charge in [-0.05, 0) is 12.2 Å². The molecule has 0 saturated carbocycles. The van der Waals surface area contributed by atoms with Gasteiger partial charge in [0.1, 0.15) is 37.5 Å². The first-order valence-corrected chi connectivity index (χ1v) is 11.9. The average Bonchev–Trinajstić information content (AvgIpc) is 2.63. The van der Waals surface area contributed by atoms with Gasteiger partial charge in [0, 0.05) is 18.8 Å². The fourth-order valence-electron chi connectivity index (χ4n) is 2.10. The van der Waals surface area contributed by atoms with Gasteiger partial charge in [0.15, 0.2) is 12.4 Å². The Hall–Kier alpha value is -2.14. The molecule has 2 heterocycles. The maximum atomic E-state index is 9.60. The Morgan fingerprint density at radius 3 is 1.41 bits per heavy atom. The van der Waals surface area contributed by atoms with E-state index in [4.69, 9.17) is 0 Å². The van der Waals surface area contributed by atoms with E-state index in [9.17, 15) is 25.9 Å². The molecule has 0 atom stereocenters. The second-order valence-corrected chi connectivity index (χ2v) is 8.83. The van der Waals surface area contributed by atoms with Crippen LogP contribution < -0.4 is 0 Å². The fraction of sp³-hybridized carbons (Fsp3) is 0.368. The molecular weight excluding hydrogens is 416 g/mol. The van der Waals surface area contributed by atoms with Crippen molar-refractivity contribution in [1.29, 1.82) is 0 Å². The Morgan fingerprint density at radius 2 is 1.21 bits per heavy atom. The maximum absolute atomic E-state index is 9.60. The molecule has 0 radical (unpaired) electrons. The van der Waals surface area contributed by atoms with Crippen molar-refractivity contribution in [2.24, 2.45) is 9.98 Å². The highest BCUT2D eigenvalue weighted by Gasteiger charge is 2.22. The summed E-state index contributed by atoms with van der Waals surface area (Å²) in [7, 11) is -8.08. The van der Waals surface area contributed by atoms with Crippen LogP contribution in [0.1, 0.15) is 32.1 Å². The molecule has 2 rings (SSSR count). The molecule has 0 aromatic heterocycles. The van der Waals surface area contributed by atoms with Gasteiger partial charge in [-0.3, -0.25) is 0 Å². The van der Waals surface area contributed by atoms with Crippen LogP contribution in [0.4, 0.5) is 0 Å². The molecule has 160 valence electrons. The van der Waals surface area contributed by atoms with Crippen LogP contribution in [0.5, 0.6) is 0 Å². The standard InChI is InChI=1S/C13H16N2.2C3H6O3S/c1(4-12-6-2-8-14-10-12)5-13-7-3-9-15-11-13;2*1-2-3-7(4,5)6/h2-3,8-11H,1,4-7H2;2*2H,1,3H2,(H,4,5,6)/q+2;;/p-2. The summed E-state index contributed by atoms with van der Waals surface area (Å²) in [5.41, 5.74) is 0. The molecule has 8 nitrogen and oxygen atoms in total. The summed E-state index contributed by atoms with van der Waals surface area (Å²) < 4.78 is 57.6. The van der Waals surface area contributed by atoms with E-state index in [0.29, 0.717) is 0 Å². The SMILES string of the molecule is C1=CN=C[C+](CCC[C+]2C=NC=CC2)C1.C=CCS(=O)(=O)[O-].C=CCS(=O)(=O)[O-]. The van der Waals surface area contributed by atoms with Gasteiger partial charge in [0.2, 0.25) is 0 Å². The van der Waals surface area contributed by atoms with Gasteiger partial charge in [-0.2, -0.15) is 0 Å². The topological polar surface area (TPSA) is 139 Å². The third-order valence-corrected chi connectivity index (χ3v) is 4.58. The third kappa shape index (κ3) is 19.0. The van der Waals surface area contributed by atoms with Crippen LogP contribution in [-0.2, 0) is 20.2 Å². The summed E-state index contributed by atoms with van der Waals surface area (Å²) in [5, 5.41) is 0. The van der Waals surface area contributed by atoms with Gasteiger partial charge < -0.3 is 9.11 Å². The van der Waals surface area contributed by atoms with Crippen LogP contribution >= 0.6 is 0 Å². The molecule has 0 aromatic carbocycles. The molecule has 0 fully saturated rings. The Balaban J connectivity index is 0.000000473. The van der Waals surface area contributed by atoms with E-state index in [1.807, 2.05) is 24.8 Å². The summed E-state index contributed by atoms with van der Waals surface area (Å²) in [6.45, 7) is 6.13. The van der Waals surface area contributed by atoms with Crippen molar-refractivity contribution in [2.75, 3.05) is 11.5 Å². The Kier molecular flexibility index (Phi) is 13.7. The van der Waals surface area contributed by atoms with Gasteiger partial charge in [0.25, 0.3) is 0 Å². The van der Waals surface area contributed by atoms with Gasteiger partial charge in [0.05, 0.1) is 31.7 Å². The first-order chi connectivity index (χ1) is 13.6. The zero-order chi connectivity index (χ0) is 22.2. The predicted octanol–water partition coefficient (Wildman–Crippen LogP) is 2.72. The minimum Gasteiger partial charge on any atom is -0.748 e. The first-order valence-electron chi connectivity index (χ1n) is 8.72. The van der Waals surface area contributed by atoms with E-state index in [2.05, 4.69) is 35.3 Å². The third-order valence-electron chi connectivity index (χ3n) is 3.30. The molecule has 2 aliphatic rings. The zero-order valence-electron chi connectivity index (χ0n) is 16.1. The predicted molar refractivity (Wildman–Crippen MR) is 114 cm³/mol. The fourth-order valence-corrected chi connectivity index (χ4v) is 2.67. The second-order valence-electron chi connectivity index (χ2n) is 5.93. The van der Waals surface area contributed by atoms with Gasteiger partial charge in [-0.25, -0.2) is 26.8 Å². The monoisotopic (exact) mass is 442 g/mol. The van der Waals surface area contributed by atoms with Crippen molar-refractivity contribution in [1.82, 2.24) is 0 Å². The Morgan fingerprint density at radius 1 is 0.828 bits per heavy atom. The highest BCUT2D eigenvalue weighted by atomic mass is 32.2. The normalized spacial score (nSPS) is 15.1. The van der Waals surface area contributed by atoms with Crippen molar-refractivity contribution in [3.05, 3.63) is 61.7 Å². The van der Waals surface area contributed by atoms with Crippen LogP contribution in [0.15, 0.2) is 59.8 Å². The average molecular weight is 443 g/mol. The molecule has 0 saturated heterocycles. The van der Waals surface area contributed by atoms with E-state index >= 15 is 0 Å². The lowest BCUT2D eigenvalue weighted by Gasteiger charge is -2.02. The van der Waals surface area contributed by atoms with E-state index in [1.165, 1.54) is 18.3 Å². The molecule has 10 heteroatoms. The van der Waals surface area contributed by atoms with E-state index in [-0.39, 0.29) is 0 Å². The minimum atomic E-state index is -4.04. The van der Waals surface area contributed by atoms with Crippen molar-refractivity contribution in [3.63, 3.8) is 0 Å². The van der Waals surface area contributed by atoms with Crippen LogP contribution in [0, 0.1) is 11.8 Å². The van der Waals surface area contributed by atoms with Crippen molar-refractivity contribution >= 4 is 32.7 Å². The molecule has 0 unspecified atom stereocenters. The van der Waals surface area contributed by atoms with Gasteiger partial charge in [-0.1, -0.05) is 12.2 Å². The van der Waals surface area contributed by atoms with Crippen LogP contribution in [0.2, 0.25) is 0 Å². The summed E-state index contributed by atoms with van der Waals surface area (Å²) in [6, 6.07) is 0. The largest absolute Gasteiger partial charge is 0.748 e. The van der Waals surface area contributed by atoms with Crippen LogP contribution in [-0.4, -0.2) is 49.9 Å². The lowest BCUT2D eigenvalue weighted by molar-refractivity contribution is 0.464. The highest BCUT2D eigenvalue weighted by Crippen LogP contribution is 2.21. The number of rotatable bonds is 8. The van der Waals surface area contributed by atoms with Crippen molar-refractivity contribution in [3.8, 4) is 0 Å². The molecule has 0 spiro atoms. The van der Waals surface area contributed by atoms with Crippen molar-refractivity contribution < 1.29 is 25.9 Å². The van der Waals surface area contributed by atoms with Crippen LogP contribution in [0.3, 0.4) is 0 Å². The molecule has 0 amide bonds. The maximum Gasteiger partial charge on any atom is 0.187 e. The molecule has 29 heavy (non-hydrogen) atoms. The van der Waals surface area contributed by atoms with Gasteiger partial charge >= 0.3 is 0 Å². The second kappa shape index (κ2) is 14.8. The molecular formula is C19H26N2O6S2. The van der Waals surface area contributed by atoms with E-state index < -0.39 is 31.7 Å². The smallest absolute Gasteiger partial charge is 0.187 e. The minimum absolute atomic E-state index is 0.479. The molecule has 0 N–H and O–H groups in total.